The molecule has 2 nitrogen and oxygen atoms in total. The Labute approximate surface area is 73.6 Å². The Balaban J connectivity index is 2.61. The van der Waals surface area contributed by atoms with Gasteiger partial charge in [0.25, 0.3) is 11.8 Å². The van der Waals surface area contributed by atoms with E-state index in [1.54, 1.807) is 6.07 Å². The molecule has 0 aliphatic carbocycles. The average molecular weight is 183 g/mol. The summed E-state index contributed by atoms with van der Waals surface area (Å²) >= 11 is 0. The Hall–Kier alpha value is -1.45. The number of amides is 1. The predicted octanol–water partition coefficient (Wildman–Crippen LogP) is 1.52. The Kier molecular flexibility index (Phi) is 1.58. The molecule has 1 N–H and O–H groups in total. The summed E-state index contributed by atoms with van der Waals surface area (Å²) in [7, 11) is 0. The van der Waals surface area contributed by atoms with Crippen LogP contribution in [0, 0.1) is 0 Å². The smallest absolute Gasteiger partial charge is 0.290 e. The lowest BCUT2D eigenvalue weighted by Crippen LogP contribution is -2.41. The third-order valence-electron chi connectivity index (χ3n) is 2.04. The summed E-state index contributed by atoms with van der Waals surface area (Å²) < 4.78 is 26.3. The third kappa shape index (κ3) is 1.18. The molecule has 0 saturated carbocycles. The molecule has 0 aromatic heterocycles. The minimum atomic E-state index is -2.94. The van der Waals surface area contributed by atoms with E-state index >= 15 is 0 Å². The second kappa shape index (κ2) is 2.52. The van der Waals surface area contributed by atoms with Gasteiger partial charge in [-0.15, -0.1) is 0 Å². The highest BCUT2D eigenvalue weighted by atomic mass is 19.3. The summed E-state index contributed by atoms with van der Waals surface area (Å²) in [4.78, 5) is 11.1. The zero-order valence-electron chi connectivity index (χ0n) is 6.68. The fraction of sp³-hybridized carbons (Fsp3) is 0.222. The molecule has 1 heterocycles. The van der Waals surface area contributed by atoms with E-state index in [0.717, 1.165) is 0 Å². The molecular weight excluding hydrogens is 176 g/mol. The van der Waals surface area contributed by atoms with E-state index in [4.69, 9.17) is 0 Å². The molecule has 0 radical (unpaired) electrons. The van der Waals surface area contributed by atoms with Gasteiger partial charge < -0.3 is 5.32 Å². The van der Waals surface area contributed by atoms with Gasteiger partial charge in [0.15, 0.2) is 0 Å². The number of hydrogen-bond donors (Lipinski definition) is 1. The van der Waals surface area contributed by atoms with Gasteiger partial charge in [-0.25, -0.2) is 0 Å². The molecule has 0 atom stereocenters. The van der Waals surface area contributed by atoms with Gasteiger partial charge in [0.1, 0.15) is 0 Å². The number of fused-ring (bicyclic) bond motifs is 1. The fourth-order valence-electron chi connectivity index (χ4n) is 1.38. The maximum Gasteiger partial charge on any atom is 0.290 e. The van der Waals surface area contributed by atoms with E-state index < -0.39 is 18.4 Å². The second-order valence-electron chi connectivity index (χ2n) is 2.93. The molecule has 1 aliphatic heterocycles. The Morgan fingerprint density at radius 3 is 2.69 bits per heavy atom. The molecule has 1 aromatic rings. The molecule has 4 heteroatoms. The number of nitrogens with one attached hydrogen (secondary N) is 1. The molecular formula is C9H7F2NO. The van der Waals surface area contributed by atoms with Crippen molar-refractivity contribution in [3.05, 3.63) is 35.4 Å². The van der Waals surface area contributed by atoms with Crippen molar-refractivity contribution in [1.29, 1.82) is 0 Å². The molecule has 0 unspecified atom stereocenters. The van der Waals surface area contributed by atoms with Crippen LogP contribution >= 0.6 is 0 Å². The van der Waals surface area contributed by atoms with Crippen LogP contribution < -0.4 is 5.32 Å². The summed E-state index contributed by atoms with van der Waals surface area (Å²) in [5, 5.41) is 2.14. The van der Waals surface area contributed by atoms with Crippen LogP contribution in [-0.4, -0.2) is 12.5 Å². The monoisotopic (exact) mass is 183 g/mol. The average Bonchev–Trinajstić information content (AvgIpc) is 2.13. The number of rotatable bonds is 0. The van der Waals surface area contributed by atoms with Crippen molar-refractivity contribution >= 4 is 5.91 Å². The topological polar surface area (TPSA) is 29.1 Å². The first-order valence-corrected chi connectivity index (χ1v) is 3.87. The van der Waals surface area contributed by atoms with Crippen LogP contribution in [0.3, 0.4) is 0 Å². The molecule has 0 fully saturated rings. The van der Waals surface area contributed by atoms with E-state index in [0.29, 0.717) is 0 Å². The molecule has 68 valence electrons. The number of carbonyl (C=O) groups is 1. The fourth-order valence-corrected chi connectivity index (χ4v) is 1.38. The van der Waals surface area contributed by atoms with Crippen molar-refractivity contribution in [1.82, 2.24) is 5.32 Å². The van der Waals surface area contributed by atoms with Crippen LogP contribution in [0.4, 0.5) is 8.78 Å². The van der Waals surface area contributed by atoms with E-state index in [2.05, 4.69) is 5.32 Å². The van der Waals surface area contributed by atoms with Crippen LogP contribution in [0.5, 0.6) is 0 Å². The van der Waals surface area contributed by atoms with E-state index in [1.807, 2.05) is 0 Å². The summed E-state index contributed by atoms with van der Waals surface area (Å²) in [6, 6.07) is 5.76. The molecule has 2 rings (SSSR count). The highest BCUT2D eigenvalue weighted by molar-refractivity contribution is 5.97. The molecule has 0 spiro atoms. The van der Waals surface area contributed by atoms with Crippen molar-refractivity contribution in [3.8, 4) is 0 Å². The summed E-state index contributed by atoms with van der Waals surface area (Å²) in [5.74, 6) is -3.37. The van der Waals surface area contributed by atoms with Gasteiger partial charge in [0.05, 0.1) is 6.54 Å². The molecule has 0 bridgehead atoms. The highest BCUT2D eigenvalue weighted by Crippen LogP contribution is 2.32. The van der Waals surface area contributed by atoms with Crippen LogP contribution in [0.2, 0.25) is 0 Å². The standard InChI is InChI=1S/C9H7F2NO/c10-9(11)5-12-8(13)6-3-1-2-4-7(6)9/h1-4H,5H2,(H,12,13). The van der Waals surface area contributed by atoms with Crippen molar-refractivity contribution in [3.63, 3.8) is 0 Å². The largest absolute Gasteiger partial charge is 0.346 e. The Bertz CT molecular complexity index is 362. The summed E-state index contributed by atoms with van der Waals surface area (Å²) in [6.45, 7) is -0.608. The summed E-state index contributed by atoms with van der Waals surface area (Å²) in [5.41, 5.74) is -0.113. The van der Waals surface area contributed by atoms with Crippen molar-refractivity contribution in [2.24, 2.45) is 0 Å². The van der Waals surface area contributed by atoms with Crippen molar-refractivity contribution in [2.75, 3.05) is 6.54 Å². The molecule has 1 aliphatic rings. The third-order valence-corrected chi connectivity index (χ3v) is 2.04. The first kappa shape index (κ1) is 8.16. The zero-order valence-corrected chi connectivity index (χ0v) is 6.68. The lowest BCUT2D eigenvalue weighted by Gasteiger charge is -2.24. The first-order chi connectivity index (χ1) is 6.11. The van der Waals surface area contributed by atoms with Crippen LogP contribution in [0.15, 0.2) is 24.3 Å². The second-order valence-corrected chi connectivity index (χ2v) is 2.93. The van der Waals surface area contributed by atoms with E-state index in [1.165, 1.54) is 18.2 Å². The predicted molar refractivity (Wildman–Crippen MR) is 42.7 cm³/mol. The van der Waals surface area contributed by atoms with Gasteiger partial charge in [-0.05, 0) is 6.07 Å². The number of halogens is 2. The first-order valence-electron chi connectivity index (χ1n) is 3.87. The minimum absolute atomic E-state index is 0.0683. The minimum Gasteiger partial charge on any atom is -0.346 e. The van der Waals surface area contributed by atoms with Gasteiger partial charge in [-0.2, -0.15) is 8.78 Å². The number of hydrogen-bond acceptors (Lipinski definition) is 1. The van der Waals surface area contributed by atoms with E-state index in [-0.39, 0.29) is 11.1 Å². The molecule has 0 saturated heterocycles. The van der Waals surface area contributed by atoms with E-state index in [9.17, 15) is 13.6 Å². The Morgan fingerprint density at radius 2 is 2.00 bits per heavy atom. The lowest BCUT2D eigenvalue weighted by molar-refractivity contribution is -0.00837. The van der Waals surface area contributed by atoms with Crippen LogP contribution in [-0.2, 0) is 5.92 Å². The van der Waals surface area contributed by atoms with Gasteiger partial charge in [0, 0.05) is 11.1 Å². The van der Waals surface area contributed by atoms with Crippen molar-refractivity contribution < 1.29 is 13.6 Å². The number of alkyl halides is 2. The lowest BCUT2D eigenvalue weighted by atomic mass is 9.97. The van der Waals surface area contributed by atoms with Gasteiger partial charge in [0.2, 0.25) is 0 Å². The zero-order chi connectivity index (χ0) is 9.47. The van der Waals surface area contributed by atoms with Crippen LogP contribution in [0.25, 0.3) is 0 Å². The van der Waals surface area contributed by atoms with Gasteiger partial charge in [-0.3, -0.25) is 4.79 Å². The molecule has 13 heavy (non-hydrogen) atoms. The van der Waals surface area contributed by atoms with Crippen LogP contribution in [0.1, 0.15) is 15.9 Å². The quantitative estimate of drug-likeness (QED) is 0.649. The molecule has 1 aromatic carbocycles. The number of carbonyl (C=O) groups excluding carboxylic acids is 1. The normalized spacial score (nSPS) is 19.1. The SMILES string of the molecule is O=C1NCC(F)(F)c2ccccc21. The van der Waals surface area contributed by atoms with Gasteiger partial charge in [-0.1, -0.05) is 18.2 Å². The van der Waals surface area contributed by atoms with Crippen molar-refractivity contribution in [2.45, 2.75) is 5.92 Å². The highest BCUT2D eigenvalue weighted by Gasteiger charge is 2.39. The molecule has 1 amide bonds. The van der Waals surface area contributed by atoms with Gasteiger partial charge >= 0.3 is 0 Å². The number of benzene rings is 1. The Morgan fingerprint density at radius 1 is 1.31 bits per heavy atom. The summed E-state index contributed by atoms with van der Waals surface area (Å²) in [6.07, 6.45) is 0. The maximum atomic E-state index is 13.2. The maximum absolute atomic E-state index is 13.2.